The highest BCUT2D eigenvalue weighted by Gasteiger charge is 2.40. The molecule has 136 valence electrons. The molecule has 0 radical (unpaired) electrons. The second kappa shape index (κ2) is 6.63. The highest BCUT2D eigenvalue weighted by atomic mass is 28.4. The Hall–Kier alpha value is -1.15. The summed E-state index contributed by atoms with van der Waals surface area (Å²) in [7, 11) is -3.74. The molecule has 1 rings (SSSR count). The van der Waals surface area contributed by atoms with Crippen LogP contribution in [0.15, 0.2) is 18.6 Å². The van der Waals surface area contributed by atoms with Crippen molar-refractivity contribution >= 4 is 28.6 Å². The monoisotopic (exact) mass is 366 g/mol. The highest BCUT2D eigenvalue weighted by molar-refractivity contribution is 6.78. The fourth-order valence-corrected chi connectivity index (χ4v) is 4.16. The maximum atomic E-state index is 12.1. The second-order valence-corrected chi connectivity index (χ2v) is 19.4. The molecule has 1 heterocycles. The number of carbonyl (C=O) groups is 1. The molecule has 0 spiro atoms. The third-order valence-electron chi connectivity index (χ3n) is 5.64. The van der Waals surface area contributed by atoms with Crippen molar-refractivity contribution in [2.75, 3.05) is 0 Å². The van der Waals surface area contributed by atoms with E-state index >= 15 is 0 Å². The van der Waals surface area contributed by atoms with Crippen molar-refractivity contribution in [1.29, 1.82) is 0 Å². The molecule has 0 saturated carbocycles. The largest absolute Gasteiger partial charge is 0.516 e. The van der Waals surface area contributed by atoms with E-state index in [9.17, 15) is 4.79 Å². The Morgan fingerprint density at radius 2 is 1.62 bits per heavy atom. The van der Waals surface area contributed by atoms with Gasteiger partial charge in [0.15, 0.2) is 8.24 Å². The number of rotatable bonds is 4. The highest BCUT2D eigenvalue weighted by Crippen LogP contribution is 2.37. The minimum Gasteiger partial charge on any atom is -0.516 e. The lowest BCUT2D eigenvalue weighted by Crippen LogP contribution is -2.44. The molecule has 0 amide bonds. The lowest BCUT2D eigenvalue weighted by atomic mass is 10.2. The summed E-state index contributed by atoms with van der Waals surface area (Å²) in [5.41, 5.74) is 0.798. The summed E-state index contributed by atoms with van der Waals surface area (Å²) in [5, 5.41) is 0.246. The molecular weight excluding hydrogens is 332 g/mol. The summed E-state index contributed by atoms with van der Waals surface area (Å²) >= 11 is 0. The van der Waals surface area contributed by atoms with Gasteiger partial charge in [0.2, 0.25) is 0 Å². The van der Waals surface area contributed by atoms with Crippen LogP contribution in [-0.4, -0.2) is 31.7 Å². The van der Waals surface area contributed by atoms with Gasteiger partial charge >= 0.3 is 5.97 Å². The van der Waals surface area contributed by atoms with Crippen LogP contribution in [0.1, 0.15) is 47.2 Å². The van der Waals surface area contributed by atoms with Gasteiger partial charge in [-0.25, -0.2) is 9.78 Å². The molecule has 0 aromatic carbocycles. The van der Waals surface area contributed by atoms with Gasteiger partial charge in [0, 0.05) is 12.3 Å². The van der Waals surface area contributed by atoms with Crippen molar-refractivity contribution in [1.82, 2.24) is 9.22 Å². The fraction of sp³-hybridized carbons (Fsp3) is 0.667. The smallest absolute Gasteiger partial charge is 0.317 e. The first kappa shape index (κ1) is 20.9. The SMILES string of the molecule is CC(C)(C)[Si](C)(C)OC(=O)/C=C/c1cn([Si](C)(C)C(C)(C)C)cn1. The van der Waals surface area contributed by atoms with Crippen LogP contribution in [0.3, 0.4) is 0 Å². The number of hydrogen-bond acceptors (Lipinski definition) is 3. The van der Waals surface area contributed by atoms with Gasteiger partial charge in [-0.1, -0.05) is 54.6 Å². The Balaban J connectivity index is 2.85. The Morgan fingerprint density at radius 1 is 1.08 bits per heavy atom. The summed E-state index contributed by atoms with van der Waals surface area (Å²) < 4.78 is 7.98. The van der Waals surface area contributed by atoms with Crippen LogP contribution < -0.4 is 0 Å². The van der Waals surface area contributed by atoms with Crippen LogP contribution in [0.5, 0.6) is 0 Å². The Labute approximate surface area is 149 Å². The van der Waals surface area contributed by atoms with Gasteiger partial charge in [0.25, 0.3) is 8.32 Å². The molecule has 1 aromatic rings. The normalized spacial score (nSPS) is 14.2. The summed E-state index contributed by atoms with van der Waals surface area (Å²) in [6, 6.07) is 0. The van der Waals surface area contributed by atoms with E-state index in [0.717, 1.165) is 5.69 Å². The molecule has 0 aliphatic rings. The first-order chi connectivity index (χ1) is 10.6. The number of nitrogens with zero attached hydrogens (tertiary/aromatic N) is 2. The second-order valence-electron chi connectivity index (χ2n) is 9.53. The Morgan fingerprint density at radius 3 is 2.08 bits per heavy atom. The molecular formula is C18H34N2O2Si2. The predicted molar refractivity (Wildman–Crippen MR) is 107 cm³/mol. The number of imidazole rings is 1. The lowest BCUT2D eigenvalue weighted by Gasteiger charge is -2.37. The van der Waals surface area contributed by atoms with Crippen LogP contribution in [0.25, 0.3) is 6.08 Å². The first-order valence-electron chi connectivity index (χ1n) is 8.53. The van der Waals surface area contributed by atoms with Gasteiger partial charge in [-0.05, 0) is 29.2 Å². The molecule has 0 bridgehead atoms. The van der Waals surface area contributed by atoms with Crippen molar-refractivity contribution in [3.05, 3.63) is 24.3 Å². The van der Waals surface area contributed by atoms with E-state index in [0.29, 0.717) is 0 Å². The van der Waals surface area contributed by atoms with E-state index in [-0.39, 0.29) is 16.0 Å². The first-order valence-corrected chi connectivity index (χ1v) is 14.4. The molecule has 4 nitrogen and oxygen atoms in total. The third-order valence-corrected chi connectivity index (χ3v) is 15.2. The number of aromatic nitrogens is 2. The van der Waals surface area contributed by atoms with E-state index in [4.69, 9.17) is 4.43 Å². The van der Waals surface area contributed by atoms with E-state index in [1.807, 2.05) is 12.5 Å². The zero-order chi connectivity index (χ0) is 19.0. The van der Waals surface area contributed by atoms with E-state index in [2.05, 4.69) is 76.9 Å². The van der Waals surface area contributed by atoms with Gasteiger partial charge in [-0.2, -0.15) is 0 Å². The zero-order valence-corrected chi connectivity index (χ0v) is 19.0. The van der Waals surface area contributed by atoms with Gasteiger partial charge < -0.3 is 8.66 Å². The van der Waals surface area contributed by atoms with Crippen molar-refractivity contribution < 1.29 is 9.22 Å². The van der Waals surface area contributed by atoms with Crippen LogP contribution in [0, 0.1) is 0 Å². The quantitative estimate of drug-likeness (QED) is 0.536. The molecule has 0 aliphatic heterocycles. The molecule has 1 aromatic heterocycles. The van der Waals surface area contributed by atoms with Gasteiger partial charge in [0.05, 0.1) is 12.0 Å². The van der Waals surface area contributed by atoms with Crippen LogP contribution in [0.4, 0.5) is 0 Å². The lowest BCUT2D eigenvalue weighted by molar-refractivity contribution is -0.129. The molecule has 0 fully saturated rings. The topological polar surface area (TPSA) is 44.1 Å². The predicted octanol–water partition coefficient (Wildman–Crippen LogP) is 5.30. The van der Waals surface area contributed by atoms with Crippen LogP contribution >= 0.6 is 0 Å². The number of carbonyl (C=O) groups excluding carboxylic acids is 1. The number of hydrogen-bond donors (Lipinski definition) is 0. The standard InChI is InChI=1S/C18H34N2O2Si2/c1-17(2,3)23(7,8)20-13-15(19-14-20)11-12-16(21)22-24(9,10)18(4,5)6/h11-14H,1-10H3/b12-11+. The van der Waals surface area contributed by atoms with Gasteiger partial charge in [0.1, 0.15) is 0 Å². The minimum absolute atomic E-state index is 0.0143. The van der Waals surface area contributed by atoms with Gasteiger partial charge in [-0.15, -0.1) is 0 Å². The zero-order valence-electron chi connectivity index (χ0n) is 17.0. The van der Waals surface area contributed by atoms with Crippen LogP contribution in [-0.2, 0) is 9.22 Å². The molecule has 0 atom stereocenters. The molecule has 0 saturated heterocycles. The summed E-state index contributed by atoms with van der Waals surface area (Å²) in [5.74, 6) is -0.275. The van der Waals surface area contributed by atoms with E-state index < -0.39 is 16.6 Å². The average Bonchev–Trinajstić information content (AvgIpc) is 2.82. The van der Waals surface area contributed by atoms with Crippen LogP contribution in [0.2, 0.25) is 36.3 Å². The van der Waals surface area contributed by atoms with Crippen molar-refractivity contribution in [3.8, 4) is 0 Å². The Bertz CT molecular complexity index is 618. The van der Waals surface area contributed by atoms with Crippen molar-refractivity contribution in [2.45, 2.75) is 77.8 Å². The van der Waals surface area contributed by atoms with Gasteiger partial charge in [-0.3, -0.25) is 0 Å². The molecule has 6 heteroatoms. The summed E-state index contributed by atoms with van der Waals surface area (Å²) in [4.78, 5) is 16.6. The van der Waals surface area contributed by atoms with Crippen molar-refractivity contribution in [2.24, 2.45) is 0 Å². The molecule has 24 heavy (non-hydrogen) atoms. The fourth-order valence-electron chi connectivity index (χ4n) is 1.71. The maximum Gasteiger partial charge on any atom is 0.317 e. The maximum absolute atomic E-state index is 12.1. The molecule has 0 N–H and O–H groups in total. The van der Waals surface area contributed by atoms with E-state index in [1.165, 1.54) is 6.08 Å². The van der Waals surface area contributed by atoms with E-state index in [1.54, 1.807) is 6.08 Å². The summed E-state index contributed by atoms with van der Waals surface area (Å²) in [6.07, 6.45) is 7.17. The third kappa shape index (κ3) is 4.69. The molecule has 0 aliphatic carbocycles. The Kier molecular flexibility index (Phi) is 5.78. The molecule has 0 unspecified atom stereocenters. The average molecular weight is 367 g/mol. The minimum atomic E-state index is -2.08. The summed E-state index contributed by atoms with van der Waals surface area (Å²) in [6.45, 7) is 22.0. The van der Waals surface area contributed by atoms with Crippen molar-refractivity contribution in [3.63, 3.8) is 0 Å².